The SMILES string of the molecule is O=C(/C=C/c1ccc(Cl)cc1)CC(=O)C(F)(F)F. The van der Waals surface area contributed by atoms with Crippen LogP contribution in [0.15, 0.2) is 30.3 Å². The van der Waals surface area contributed by atoms with Crippen molar-refractivity contribution in [1.82, 2.24) is 0 Å². The summed E-state index contributed by atoms with van der Waals surface area (Å²) in [5.41, 5.74) is 0.604. The Morgan fingerprint density at radius 3 is 2.22 bits per heavy atom. The number of carbonyl (C=O) groups is 2. The molecule has 6 heteroatoms. The van der Waals surface area contributed by atoms with Gasteiger partial charge in [0.05, 0.1) is 6.42 Å². The Bertz CT molecular complexity index is 475. The smallest absolute Gasteiger partial charge is 0.294 e. The van der Waals surface area contributed by atoms with E-state index in [-0.39, 0.29) is 0 Å². The molecule has 0 amide bonds. The number of allylic oxidation sites excluding steroid dienone is 1. The van der Waals surface area contributed by atoms with Crippen molar-refractivity contribution in [3.8, 4) is 0 Å². The molecule has 0 aliphatic rings. The minimum absolute atomic E-state index is 0.505. The number of ketones is 2. The topological polar surface area (TPSA) is 34.1 Å². The van der Waals surface area contributed by atoms with Crippen molar-refractivity contribution < 1.29 is 22.8 Å². The van der Waals surface area contributed by atoms with Gasteiger partial charge in [-0.1, -0.05) is 29.8 Å². The summed E-state index contributed by atoms with van der Waals surface area (Å²) in [6.45, 7) is 0. The van der Waals surface area contributed by atoms with Crippen LogP contribution in [0.3, 0.4) is 0 Å². The average Bonchev–Trinajstić information content (AvgIpc) is 2.27. The molecular formula is C12H8ClF3O2. The molecule has 0 fully saturated rings. The largest absolute Gasteiger partial charge is 0.450 e. The van der Waals surface area contributed by atoms with E-state index in [0.717, 1.165) is 6.08 Å². The molecule has 1 rings (SSSR count). The zero-order valence-corrected chi connectivity index (χ0v) is 9.76. The second-order valence-corrected chi connectivity index (χ2v) is 3.89. The lowest BCUT2D eigenvalue weighted by Gasteiger charge is -2.01. The highest BCUT2D eigenvalue weighted by Crippen LogP contribution is 2.18. The van der Waals surface area contributed by atoms with Gasteiger partial charge in [-0.2, -0.15) is 13.2 Å². The normalized spacial score (nSPS) is 11.8. The third kappa shape index (κ3) is 4.71. The van der Waals surface area contributed by atoms with Crippen LogP contribution in [-0.2, 0) is 9.59 Å². The number of Topliss-reactive ketones (excluding diaryl/α,β-unsaturated/α-hetero) is 1. The summed E-state index contributed by atoms with van der Waals surface area (Å²) in [6, 6.07) is 6.34. The van der Waals surface area contributed by atoms with Crippen molar-refractivity contribution >= 4 is 29.2 Å². The second kappa shape index (κ2) is 5.82. The molecule has 0 radical (unpaired) electrons. The predicted octanol–water partition coefficient (Wildman–Crippen LogP) is 3.44. The molecule has 0 aromatic heterocycles. The summed E-state index contributed by atoms with van der Waals surface area (Å²) in [5, 5.41) is 0.505. The standard InChI is InChI=1S/C12H8ClF3O2/c13-9-4-1-8(2-5-9)3-6-10(17)7-11(18)12(14,15)16/h1-6H,7H2/b6-3+. The Labute approximate surface area is 106 Å². The lowest BCUT2D eigenvalue weighted by atomic mass is 10.1. The van der Waals surface area contributed by atoms with Crippen molar-refractivity contribution in [2.45, 2.75) is 12.6 Å². The molecule has 18 heavy (non-hydrogen) atoms. The van der Waals surface area contributed by atoms with Crippen molar-refractivity contribution in [3.05, 3.63) is 40.9 Å². The van der Waals surface area contributed by atoms with Crippen molar-refractivity contribution in [3.63, 3.8) is 0 Å². The maximum atomic E-state index is 11.9. The molecule has 0 heterocycles. The van der Waals surface area contributed by atoms with E-state index in [2.05, 4.69) is 0 Å². The highest BCUT2D eigenvalue weighted by Gasteiger charge is 2.38. The molecule has 1 aromatic carbocycles. The van der Waals surface area contributed by atoms with Crippen LogP contribution in [0.1, 0.15) is 12.0 Å². The minimum Gasteiger partial charge on any atom is -0.294 e. The zero-order valence-electron chi connectivity index (χ0n) is 9.00. The quantitative estimate of drug-likeness (QED) is 0.623. The Morgan fingerprint density at radius 1 is 1.17 bits per heavy atom. The molecule has 0 saturated heterocycles. The fourth-order valence-corrected chi connectivity index (χ4v) is 1.21. The van der Waals surface area contributed by atoms with E-state index >= 15 is 0 Å². The number of halogens is 4. The van der Waals surface area contributed by atoms with Gasteiger partial charge >= 0.3 is 6.18 Å². The number of rotatable bonds is 4. The Balaban J connectivity index is 2.60. The van der Waals surface area contributed by atoms with E-state index in [1.165, 1.54) is 6.08 Å². The molecule has 0 aliphatic heterocycles. The molecule has 2 nitrogen and oxygen atoms in total. The molecule has 1 aromatic rings. The average molecular weight is 277 g/mol. The van der Waals surface area contributed by atoms with Gasteiger partial charge in [0.25, 0.3) is 0 Å². The van der Waals surface area contributed by atoms with Gasteiger partial charge in [-0.05, 0) is 23.8 Å². The third-order valence-electron chi connectivity index (χ3n) is 1.98. The predicted molar refractivity (Wildman–Crippen MR) is 61.2 cm³/mol. The zero-order chi connectivity index (χ0) is 13.8. The Kier molecular flexibility index (Phi) is 4.67. The summed E-state index contributed by atoms with van der Waals surface area (Å²) in [4.78, 5) is 21.6. The number of carbonyl (C=O) groups excluding carboxylic acids is 2. The van der Waals surface area contributed by atoms with E-state index in [0.29, 0.717) is 10.6 Å². The van der Waals surface area contributed by atoms with Crippen LogP contribution in [0.5, 0.6) is 0 Å². The van der Waals surface area contributed by atoms with Crippen molar-refractivity contribution in [2.24, 2.45) is 0 Å². The molecule has 96 valence electrons. The van der Waals surface area contributed by atoms with Crippen molar-refractivity contribution in [1.29, 1.82) is 0 Å². The van der Waals surface area contributed by atoms with E-state index in [1.54, 1.807) is 24.3 Å². The first kappa shape index (κ1) is 14.4. The highest BCUT2D eigenvalue weighted by atomic mass is 35.5. The van der Waals surface area contributed by atoms with Crippen LogP contribution in [0.4, 0.5) is 13.2 Å². The van der Waals surface area contributed by atoms with E-state index in [1.807, 2.05) is 0 Å². The van der Waals surface area contributed by atoms with Crippen LogP contribution < -0.4 is 0 Å². The summed E-state index contributed by atoms with van der Waals surface area (Å²) >= 11 is 5.63. The Hall–Kier alpha value is -1.62. The minimum atomic E-state index is -4.97. The maximum Gasteiger partial charge on any atom is 0.450 e. The molecule has 0 spiro atoms. The third-order valence-corrected chi connectivity index (χ3v) is 2.23. The second-order valence-electron chi connectivity index (χ2n) is 3.45. The fraction of sp³-hybridized carbons (Fsp3) is 0.167. The van der Waals surface area contributed by atoms with Gasteiger partial charge in [-0.3, -0.25) is 9.59 Å². The molecule has 0 N–H and O–H groups in total. The first-order valence-electron chi connectivity index (χ1n) is 4.85. The summed E-state index contributed by atoms with van der Waals surface area (Å²) < 4.78 is 35.6. The lowest BCUT2D eigenvalue weighted by molar-refractivity contribution is -0.171. The first-order chi connectivity index (χ1) is 8.29. The van der Waals surface area contributed by atoms with Gasteiger partial charge in [-0.25, -0.2) is 0 Å². The van der Waals surface area contributed by atoms with Crippen LogP contribution in [0.2, 0.25) is 5.02 Å². The number of alkyl halides is 3. The van der Waals surface area contributed by atoms with E-state index in [4.69, 9.17) is 11.6 Å². The first-order valence-corrected chi connectivity index (χ1v) is 5.23. The molecule has 0 saturated carbocycles. The van der Waals surface area contributed by atoms with Crippen molar-refractivity contribution in [2.75, 3.05) is 0 Å². The van der Waals surface area contributed by atoms with E-state index < -0.39 is 24.2 Å². The molecule has 0 unspecified atom stereocenters. The van der Waals surface area contributed by atoms with Crippen LogP contribution >= 0.6 is 11.6 Å². The molecule has 0 aliphatic carbocycles. The molecule has 0 bridgehead atoms. The lowest BCUT2D eigenvalue weighted by Crippen LogP contribution is -2.24. The fourth-order valence-electron chi connectivity index (χ4n) is 1.08. The number of hydrogen-bond donors (Lipinski definition) is 0. The monoisotopic (exact) mass is 276 g/mol. The van der Waals surface area contributed by atoms with Crippen LogP contribution in [0, 0.1) is 0 Å². The van der Waals surface area contributed by atoms with Gasteiger partial charge < -0.3 is 0 Å². The highest BCUT2D eigenvalue weighted by molar-refractivity contribution is 6.30. The number of hydrogen-bond acceptors (Lipinski definition) is 2. The Morgan fingerprint density at radius 2 is 1.72 bits per heavy atom. The number of benzene rings is 1. The molecule has 0 atom stereocenters. The van der Waals surface area contributed by atoms with Gasteiger partial charge in [0.1, 0.15) is 0 Å². The van der Waals surface area contributed by atoms with Crippen LogP contribution in [-0.4, -0.2) is 17.7 Å². The summed E-state index contributed by atoms with van der Waals surface area (Å²) in [5.74, 6) is -2.94. The van der Waals surface area contributed by atoms with Gasteiger partial charge in [-0.15, -0.1) is 0 Å². The van der Waals surface area contributed by atoms with E-state index in [9.17, 15) is 22.8 Å². The summed E-state index contributed by atoms with van der Waals surface area (Å²) in [6.07, 6.45) is -3.88. The van der Waals surface area contributed by atoms with Gasteiger partial charge in [0, 0.05) is 5.02 Å². The molecular weight excluding hydrogens is 269 g/mol. The summed E-state index contributed by atoms with van der Waals surface area (Å²) in [7, 11) is 0. The van der Waals surface area contributed by atoms with Gasteiger partial charge in [0.2, 0.25) is 5.78 Å². The van der Waals surface area contributed by atoms with Crippen LogP contribution in [0.25, 0.3) is 6.08 Å². The maximum absolute atomic E-state index is 11.9. The van der Waals surface area contributed by atoms with Gasteiger partial charge in [0.15, 0.2) is 5.78 Å².